The van der Waals surface area contributed by atoms with Crippen LogP contribution in [0.4, 0.5) is 4.39 Å². The molecule has 0 fully saturated rings. The lowest BCUT2D eigenvalue weighted by atomic mass is 9.79. The van der Waals surface area contributed by atoms with E-state index in [0.29, 0.717) is 0 Å². The smallest absolute Gasteiger partial charge is 0.465 e. The maximum Gasteiger partial charge on any atom is 0.491 e. The van der Waals surface area contributed by atoms with Gasteiger partial charge in [-0.1, -0.05) is 11.6 Å². The summed E-state index contributed by atoms with van der Waals surface area (Å²) >= 11 is 5.63. The highest BCUT2D eigenvalue weighted by Crippen LogP contribution is 2.16. The molecule has 0 aliphatic heterocycles. The molecule has 0 heterocycles. The van der Waals surface area contributed by atoms with E-state index in [0.717, 1.165) is 19.2 Å². The number of rotatable bonds is 2. The maximum atomic E-state index is 13.2. The summed E-state index contributed by atoms with van der Waals surface area (Å²) in [6, 6.07) is 1.76. The van der Waals surface area contributed by atoms with Crippen molar-refractivity contribution in [2.24, 2.45) is 0 Å². The first-order valence-electron chi connectivity index (χ1n) is 3.90. The highest BCUT2D eigenvalue weighted by atomic mass is 35.5. The summed E-state index contributed by atoms with van der Waals surface area (Å²) in [5.41, 5.74) is -0.561. The van der Waals surface area contributed by atoms with Crippen LogP contribution in [0, 0.1) is 5.82 Å². The Balaban J connectivity index is 3.25. The minimum absolute atomic E-state index is 0.105. The van der Waals surface area contributed by atoms with Gasteiger partial charge in [0, 0.05) is 5.46 Å². The standard InChI is InChI=1S/C8H7BClFO4/c1-15-8(12)4-2-7(11)5(9(13)14)3-6(4)10/h2-3,13-14H,1H3. The molecule has 0 aromatic heterocycles. The molecule has 2 N–H and O–H groups in total. The number of benzene rings is 1. The fourth-order valence-electron chi connectivity index (χ4n) is 1.03. The van der Waals surface area contributed by atoms with E-state index in [2.05, 4.69) is 4.74 Å². The monoisotopic (exact) mass is 232 g/mol. The van der Waals surface area contributed by atoms with E-state index in [1.54, 1.807) is 0 Å². The van der Waals surface area contributed by atoms with Crippen molar-refractivity contribution in [1.29, 1.82) is 0 Å². The van der Waals surface area contributed by atoms with Crippen molar-refractivity contribution in [1.82, 2.24) is 0 Å². The largest absolute Gasteiger partial charge is 0.491 e. The summed E-state index contributed by atoms with van der Waals surface area (Å²) < 4.78 is 17.5. The number of esters is 1. The molecule has 1 aromatic carbocycles. The van der Waals surface area contributed by atoms with E-state index in [4.69, 9.17) is 21.6 Å². The summed E-state index contributed by atoms with van der Waals surface area (Å²) in [4.78, 5) is 11.1. The van der Waals surface area contributed by atoms with Crippen molar-refractivity contribution in [3.63, 3.8) is 0 Å². The number of ether oxygens (including phenoxy) is 1. The fourth-order valence-corrected chi connectivity index (χ4v) is 1.28. The van der Waals surface area contributed by atoms with Gasteiger partial charge >= 0.3 is 13.1 Å². The normalized spacial score (nSPS) is 9.93. The lowest BCUT2D eigenvalue weighted by Gasteiger charge is -2.06. The van der Waals surface area contributed by atoms with Crippen LogP contribution >= 0.6 is 11.6 Å². The molecule has 0 spiro atoms. The van der Waals surface area contributed by atoms with Crippen molar-refractivity contribution >= 4 is 30.2 Å². The zero-order valence-electron chi connectivity index (χ0n) is 7.70. The van der Waals surface area contributed by atoms with E-state index in [1.807, 2.05) is 0 Å². The molecule has 0 radical (unpaired) electrons. The van der Waals surface area contributed by atoms with E-state index >= 15 is 0 Å². The molecular weight excluding hydrogens is 225 g/mol. The third-order valence-corrected chi connectivity index (χ3v) is 2.08. The van der Waals surface area contributed by atoms with Gasteiger partial charge in [-0.15, -0.1) is 0 Å². The van der Waals surface area contributed by atoms with Crippen molar-refractivity contribution in [3.8, 4) is 0 Å². The second-order valence-electron chi connectivity index (χ2n) is 2.72. The zero-order valence-corrected chi connectivity index (χ0v) is 8.45. The summed E-state index contributed by atoms with van der Waals surface area (Å²) in [6.45, 7) is 0. The molecule has 7 heteroatoms. The van der Waals surface area contributed by atoms with Gasteiger partial charge in [0.05, 0.1) is 17.7 Å². The van der Waals surface area contributed by atoms with Crippen molar-refractivity contribution in [3.05, 3.63) is 28.5 Å². The minimum atomic E-state index is -1.98. The Bertz CT molecular complexity index is 396. The van der Waals surface area contributed by atoms with Crippen LogP contribution < -0.4 is 5.46 Å². The van der Waals surface area contributed by atoms with Gasteiger partial charge in [-0.05, 0) is 12.1 Å². The molecule has 1 aromatic rings. The van der Waals surface area contributed by atoms with Gasteiger partial charge in [-0.3, -0.25) is 0 Å². The second kappa shape index (κ2) is 4.61. The molecule has 0 saturated heterocycles. The van der Waals surface area contributed by atoms with Crippen LogP contribution in [0.1, 0.15) is 10.4 Å². The average Bonchev–Trinajstić information content (AvgIpc) is 2.19. The Kier molecular flexibility index (Phi) is 3.68. The number of hydrogen-bond acceptors (Lipinski definition) is 4. The molecule has 0 saturated carbocycles. The van der Waals surface area contributed by atoms with Gasteiger partial charge in [0.25, 0.3) is 0 Å². The lowest BCUT2D eigenvalue weighted by Crippen LogP contribution is -2.33. The van der Waals surface area contributed by atoms with Crippen molar-refractivity contribution < 1.29 is 24.0 Å². The van der Waals surface area contributed by atoms with Crippen molar-refractivity contribution in [2.45, 2.75) is 0 Å². The fraction of sp³-hybridized carbons (Fsp3) is 0.125. The lowest BCUT2D eigenvalue weighted by molar-refractivity contribution is 0.0600. The predicted molar refractivity (Wildman–Crippen MR) is 52.6 cm³/mol. The number of methoxy groups -OCH3 is 1. The number of halogens is 2. The predicted octanol–water partition coefficient (Wildman–Crippen LogP) is -0.0545. The highest BCUT2D eigenvalue weighted by Gasteiger charge is 2.21. The molecule has 0 amide bonds. The van der Waals surface area contributed by atoms with Crippen LogP contribution in [0.25, 0.3) is 0 Å². The first-order chi connectivity index (χ1) is 6.97. The Hall–Kier alpha value is -1.11. The van der Waals surface area contributed by atoms with Gasteiger partial charge in [0.15, 0.2) is 0 Å². The van der Waals surface area contributed by atoms with Gasteiger partial charge < -0.3 is 14.8 Å². The van der Waals surface area contributed by atoms with E-state index in [-0.39, 0.29) is 10.6 Å². The third kappa shape index (κ3) is 2.47. The number of carbonyl (C=O) groups excluding carboxylic acids is 1. The van der Waals surface area contributed by atoms with Gasteiger partial charge in [0.2, 0.25) is 0 Å². The Labute approximate surface area is 90.4 Å². The SMILES string of the molecule is COC(=O)c1cc(F)c(B(O)O)cc1Cl. The molecule has 1 rings (SSSR count). The summed E-state index contributed by atoms with van der Waals surface area (Å²) in [5.74, 6) is -1.73. The molecule has 0 atom stereocenters. The highest BCUT2D eigenvalue weighted by molar-refractivity contribution is 6.59. The number of hydrogen-bond donors (Lipinski definition) is 2. The van der Waals surface area contributed by atoms with Crippen LogP contribution in [-0.4, -0.2) is 30.2 Å². The van der Waals surface area contributed by atoms with Gasteiger partial charge in [-0.2, -0.15) is 0 Å². The Morgan fingerprint density at radius 2 is 2.13 bits per heavy atom. The van der Waals surface area contributed by atoms with Crippen LogP contribution in [-0.2, 0) is 4.74 Å². The topological polar surface area (TPSA) is 66.8 Å². The first kappa shape index (κ1) is 12.0. The van der Waals surface area contributed by atoms with Gasteiger partial charge in [0.1, 0.15) is 5.82 Å². The molecular formula is C8H7BClFO4. The number of carbonyl (C=O) groups is 1. The second-order valence-corrected chi connectivity index (χ2v) is 3.13. The van der Waals surface area contributed by atoms with Crippen molar-refractivity contribution in [2.75, 3.05) is 7.11 Å². The molecule has 4 nitrogen and oxygen atoms in total. The molecule has 0 bridgehead atoms. The Morgan fingerprint density at radius 1 is 1.53 bits per heavy atom. The third-order valence-electron chi connectivity index (χ3n) is 1.77. The molecule has 15 heavy (non-hydrogen) atoms. The molecule has 80 valence electrons. The molecule has 0 aliphatic carbocycles. The van der Waals surface area contributed by atoms with E-state index < -0.39 is 24.4 Å². The summed E-state index contributed by atoms with van der Waals surface area (Å²) in [5, 5.41) is 17.4. The minimum Gasteiger partial charge on any atom is -0.465 e. The van der Waals surface area contributed by atoms with Crippen LogP contribution in [0.5, 0.6) is 0 Å². The quantitative estimate of drug-likeness (QED) is 0.554. The summed E-state index contributed by atoms with van der Waals surface area (Å²) in [7, 11) is -0.847. The first-order valence-corrected chi connectivity index (χ1v) is 4.28. The Morgan fingerprint density at radius 3 is 2.60 bits per heavy atom. The maximum absolute atomic E-state index is 13.2. The average molecular weight is 232 g/mol. The van der Waals surface area contributed by atoms with Crippen LogP contribution in [0.3, 0.4) is 0 Å². The van der Waals surface area contributed by atoms with Crippen LogP contribution in [0.15, 0.2) is 12.1 Å². The molecule has 0 aliphatic rings. The van der Waals surface area contributed by atoms with E-state index in [9.17, 15) is 9.18 Å². The van der Waals surface area contributed by atoms with Gasteiger partial charge in [-0.25, -0.2) is 9.18 Å². The van der Waals surface area contributed by atoms with Crippen LogP contribution in [0.2, 0.25) is 5.02 Å². The summed E-state index contributed by atoms with van der Waals surface area (Å²) in [6.07, 6.45) is 0. The van der Waals surface area contributed by atoms with E-state index in [1.165, 1.54) is 0 Å². The zero-order chi connectivity index (χ0) is 11.6. The molecule has 0 unspecified atom stereocenters.